The number of nitrogens with zero attached hydrogens (tertiary/aromatic N) is 1. The van der Waals surface area contributed by atoms with Crippen LogP contribution in [0.25, 0.3) is 0 Å². The van der Waals surface area contributed by atoms with Gasteiger partial charge in [-0.15, -0.1) is 0 Å². The second-order valence-corrected chi connectivity index (χ2v) is 8.01. The zero-order valence-corrected chi connectivity index (χ0v) is 18.9. The number of hydrogen-bond acceptors (Lipinski definition) is 3. The van der Waals surface area contributed by atoms with E-state index in [9.17, 15) is 39.9 Å². The maximum absolute atomic E-state index is 14.4. The van der Waals surface area contributed by atoms with E-state index in [2.05, 4.69) is 31.9 Å². The van der Waals surface area contributed by atoms with Crippen LogP contribution in [0.15, 0.2) is 39.3 Å². The van der Waals surface area contributed by atoms with Crippen LogP contribution in [0.2, 0.25) is 0 Å². The van der Waals surface area contributed by atoms with Gasteiger partial charge in [0.15, 0.2) is 5.82 Å². The van der Waals surface area contributed by atoms with E-state index in [1.165, 1.54) is 12.1 Å². The Morgan fingerprint density at radius 3 is 1.97 bits per heavy atom. The number of alkyl halides is 7. The fourth-order valence-corrected chi connectivity index (χ4v) is 4.34. The number of ether oxygens (including phenoxy) is 1. The average molecular weight is 600 g/mol. The first-order chi connectivity index (χ1) is 14.6. The largest absolute Gasteiger partial charge is 0.435 e. The van der Waals surface area contributed by atoms with Gasteiger partial charge in [0.25, 0.3) is 5.91 Å². The third-order valence-electron chi connectivity index (χ3n) is 4.23. The first-order valence-corrected chi connectivity index (χ1v) is 9.83. The van der Waals surface area contributed by atoms with Crippen molar-refractivity contribution >= 4 is 49.1 Å². The van der Waals surface area contributed by atoms with Crippen LogP contribution in [-0.4, -0.2) is 32.1 Å². The van der Waals surface area contributed by atoms with Gasteiger partial charge in [0.05, 0.1) is 16.9 Å². The van der Waals surface area contributed by atoms with Gasteiger partial charge < -0.3 is 10.5 Å². The fraction of sp³-hybridized carbons (Fsp3) is 0.278. The lowest BCUT2D eigenvalue weighted by molar-refractivity contribution is -0.348. The summed E-state index contributed by atoms with van der Waals surface area (Å²) in [5.74, 6) is -2.18. The molecule has 2 N–H and O–H groups in total. The SMILES string of the molecule is COCN(C(=O)c1cccc(N)c1F)c1c(Br)cc(C(F)(C(F)(F)F)C(F)(F)F)cc1Br. The molecule has 0 aliphatic carbocycles. The number of amides is 1. The van der Waals surface area contributed by atoms with Gasteiger partial charge in [0.2, 0.25) is 0 Å². The molecule has 0 aliphatic rings. The van der Waals surface area contributed by atoms with Crippen molar-refractivity contribution in [2.45, 2.75) is 18.0 Å². The Bertz CT molecular complexity index is 990. The Balaban J connectivity index is 2.69. The van der Waals surface area contributed by atoms with E-state index in [-0.39, 0.29) is 23.5 Å². The van der Waals surface area contributed by atoms with Crippen LogP contribution in [0.4, 0.5) is 46.5 Å². The zero-order valence-electron chi connectivity index (χ0n) is 15.7. The molecule has 2 rings (SSSR count). The van der Waals surface area contributed by atoms with Crippen LogP contribution in [0.3, 0.4) is 0 Å². The molecule has 0 aromatic heterocycles. The molecule has 0 saturated heterocycles. The van der Waals surface area contributed by atoms with E-state index in [4.69, 9.17) is 10.5 Å². The highest BCUT2D eigenvalue weighted by molar-refractivity contribution is 9.11. The lowest BCUT2D eigenvalue weighted by atomic mass is 9.94. The molecule has 4 nitrogen and oxygen atoms in total. The minimum atomic E-state index is -6.33. The summed E-state index contributed by atoms with van der Waals surface area (Å²) < 4.78 is 111. The highest BCUT2D eigenvalue weighted by Gasteiger charge is 2.73. The molecule has 2 aromatic rings. The predicted octanol–water partition coefficient (Wildman–Crippen LogP) is 6.47. The molecule has 2 aromatic carbocycles. The molecule has 32 heavy (non-hydrogen) atoms. The van der Waals surface area contributed by atoms with Gasteiger partial charge in [-0.2, -0.15) is 26.3 Å². The van der Waals surface area contributed by atoms with Gasteiger partial charge in [0, 0.05) is 21.6 Å². The third kappa shape index (κ3) is 4.57. The van der Waals surface area contributed by atoms with Crippen molar-refractivity contribution in [2.24, 2.45) is 0 Å². The topological polar surface area (TPSA) is 55.6 Å². The highest BCUT2D eigenvalue weighted by Crippen LogP contribution is 2.54. The molecule has 0 bridgehead atoms. The normalized spacial score (nSPS) is 12.7. The fourth-order valence-electron chi connectivity index (χ4n) is 2.72. The molecule has 0 saturated carbocycles. The number of carbonyl (C=O) groups is 1. The third-order valence-corrected chi connectivity index (χ3v) is 5.44. The van der Waals surface area contributed by atoms with Gasteiger partial charge in [-0.1, -0.05) is 6.07 Å². The van der Waals surface area contributed by atoms with Gasteiger partial charge in [0.1, 0.15) is 6.73 Å². The van der Waals surface area contributed by atoms with Crippen molar-refractivity contribution in [1.29, 1.82) is 0 Å². The Hall–Kier alpha value is -1.93. The van der Waals surface area contributed by atoms with Crippen molar-refractivity contribution in [3.63, 3.8) is 0 Å². The van der Waals surface area contributed by atoms with Gasteiger partial charge >= 0.3 is 18.0 Å². The molecule has 0 heterocycles. The highest BCUT2D eigenvalue weighted by atomic mass is 79.9. The summed E-state index contributed by atoms with van der Waals surface area (Å²) in [4.78, 5) is 13.6. The second-order valence-electron chi connectivity index (χ2n) is 6.30. The molecule has 0 unspecified atom stereocenters. The monoisotopic (exact) mass is 598 g/mol. The zero-order chi connectivity index (χ0) is 24.6. The first-order valence-electron chi connectivity index (χ1n) is 8.24. The summed E-state index contributed by atoms with van der Waals surface area (Å²) in [5, 5.41) is 0. The quantitative estimate of drug-likeness (QED) is 0.243. The summed E-state index contributed by atoms with van der Waals surface area (Å²) in [6.45, 7) is -0.594. The number of halogens is 10. The van der Waals surface area contributed by atoms with Crippen molar-refractivity contribution in [1.82, 2.24) is 0 Å². The molecule has 176 valence electrons. The Labute approximate surface area is 192 Å². The van der Waals surface area contributed by atoms with E-state index in [0.29, 0.717) is 4.90 Å². The van der Waals surface area contributed by atoms with E-state index >= 15 is 0 Å². The van der Waals surface area contributed by atoms with E-state index in [1.807, 2.05) is 0 Å². The van der Waals surface area contributed by atoms with E-state index < -0.39 is 56.5 Å². The minimum absolute atomic E-state index is 0.229. The van der Waals surface area contributed by atoms with Crippen molar-refractivity contribution in [2.75, 3.05) is 24.5 Å². The van der Waals surface area contributed by atoms with Crippen LogP contribution in [0, 0.1) is 5.82 Å². The summed E-state index contributed by atoms with van der Waals surface area (Å²) in [6, 6.07) is 3.95. The average Bonchev–Trinajstić information content (AvgIpc) is 2.65. The van der Waals surface area contributed by atoms with E-state index in [1.54, 1.807) is 0 Å². The molecule has 0 aliphatic heterocycles. The lowest BCUT2D eigenvalue weighted by Crippen LogP contribution is -2.50. The smallest absolute Gasteiger partial charge is 0.396 e. The molecule has 0 radical (unpaired) electrons. The first kappa shape index (κ1) is 26.3. The van der Waals surface area contributed by atoms with Crippen molar-refractivity contribution < 1.29 is 44.7 Å². The van der Waals surface area contributed by atoms with Crippen LogP contribution in [-0.2, 0) is 10.4 Å². The number of hydrogen-bond donors (Lipinski definition) is 1. The van der Waals surface area contributed by atoms with Gasteiger partial charge in [-0.05, 0) is 56.1 Å². The molecule has 0 atom stereocenters. The predicted molar refractivity (Wildman–Crippen MR) is 106 cm³/mol. The summed E-state index contributed by atoms with van der Waals surface area (Å²) >= 11 is 5.54. The Morgan fingerprint density at radius 1 is 1.03 bits per heavy atom. The number of nitrogens with two attached hydrogens (primary N) is 1. The Morgan fingerprint density at radius 2 is 1.53 bits per heavy atom. The number of anilines is 2. The maximum Gasteiger partial charge on any atom is 0.435 e. The van der Waals surface area contributed by atoms with Crippen molar-refractivity contribution in [3.05, 3.63) is 56.2 Å². The lowest BCUT2D eigenvalue weighted by Gasteiger charge is -2.32. The number of methoxy groups -OCH3 is 1. The summed E-state index contributed by atoms with van der Waals surface area (Å²) in [7, 11) is 1.13. The molecule has 14 heteroatoms. The molecular weight excluding hydrogens is 588 g/mol. The maximum atomic E-state index is 14.4. The standard InChI is InChI=1S/C18H12Br2F8N2O2/c1-32-7-30(15(31)9-3-2-4-12(29)13(9)21)14-10(19)5-8(6-11(14)20)16(22,17(23,24)25)18(26,27)28/h2-6H,7,29H2,1H3. The molecular formula is C18H12Br2F8N2O2. The summed E-state index contributed by atoms with van der Waals surface area (Å²) in [5.41, 5.74) is -3.32. The van der Waals surface area contributed by atoms with Gasteiger partial charge in [-0.25, -0.2) is 8.78 Å². The molecule has 0 spiro atoms. The van der Waals surface area contributed by atoms with Gasteiger partial charge in [-0.3, -0.25) is 9.69 Å². The van der Waals surface area contributed by atoms with Crippen molar-refractivity contribution in [3.8, 4) is 0 Å². The second kappa shape index (κ2) is 9.14. The number of nitrogen functional groups attached to an aromatic ring is 1. The number of carbonyl (C=O) groups excluding carboxylic acids is 1. The number of benzene rings is 2. The minimum Gasteiger partial charge on any atom is -0.396 e. The number of rotatable bonds is 5. The summed E-state index contributed by atoms with van der Waals surface area (Å²) in [6.07, 6.45) is -12.7. The van der Waals surface area contributed by atoms with Crippen LogP contribution in [0.1, 0.15) is 15.9 Å². The Kier molecular flexibility index (Phi) is 7.52. The van der Waals surface area contributed by atoms with Crippen LogP contribution < -0.4 is 10.6 Å². The van der Waals surface area contributed by atoms with Crippen LogP contribution >= 0.6 is 31.9 Å². The molecule has 0 fully saturated rings. The van der Waals surface area contributed by atoms with E-state index in [0.717, 1.165) is 13.2 Å². The molecule has 1 amide bonds. The van der Waals surface area contributed by atoms with Crippen LogP contribution in [0.5, 0.6) is 0 Å².